The summed E-state index contributed by atoms with van der Waals surface area (Å²) in [7, 11) is 0. The highest BCUT2D eigenvalue weighted by Crippen LogP contribution is 2.12. The van der Waals surface area contributed by atoms with Gasteiger partial charge >= 0.3 is 0 Å². The van der Waals surface area contributed by atoms with Gasteiger partial charge in [0.2, 0.25) is 0 Å². The molecule has 0 unspecified atom stereocenters. The summed E-state index contributed by atoms with van der Waals surface area (Å²) in [6, 6.07) is 9.70. The second-order valence-corrected chi connectivity index (χ2v) is 4.07. The van der Waals surface area contributed by atoms with Gasteiger partial charge in [-0.15, -0.1) is 0 Å². The Kier molecular flexibility index (Phi) is 3.47. The van der Waals surface area contributed by atoms with Gasteiger partial charge in [-0.1, -0.05) is 11.6 Å². The molecule has 84 valence electrons. The maximum absolute atomic E-state index is 5.81. The highest BCUT2D eigenvalue weighted by Gasteiger charge is 1.96. The molecule has 0 saturated heterocycles. The lowest BCUT2D eigenvalue weighted by molar-refractivity contribution is 0.620. The first-order valence-corrected chi connectivity index (χ1v) is 5.61. The Hall–Kier alpha value is -1.48. The van der Waals surface area contributed by atoms with Crippen molar-refractivity contribution in [1.29, 1.82) is 0 Å². The Morgan fingerprint density at radius 2 is 2.00 bits per heavy atom. The third-order valence-corrected chi connectivity index (χ3v) is 2.68. The first kappa shape index (κ1) is 11.0. The number of nitrogens with zero attached hydrogens (tertiary/aromatic N) is 2. The van der Waals surface area contributed by atoms with Gasteiger partial charge in [-0.05, 0) is 37.3 Å². The molecular formula is C12H14ClN3. The molecule has 0 fully saturated rings. The van der Waals surface area contributed by atoms with E-state index >= 15 is 0 Å². The molecule has 16 heavy (non-hydrogen) atoms. The van der Waals surface area contributed by atoms with Gasteiger partial charge in [-0.25, -0.2) is 0 Å². The first-order chi connectivity index (χ1) is 7.75. The van der Waals surface area contributed by atoms with Crippen LogP contribution in [0.15, 0.2) is 36.5 Å². The minimum atomic E-state index is 0.758. The van der Waals surface area contributed by atoms with E-state index in [4.69, 9.17) is 11.6 Å². The molecule has 2 rings (SSSR count). The second-order valence-electron chi connectivity index (χ2n) is 3.63. The van der Waals surface area contributed by atoms with Gasteiger partial charge in [-0.2, -0.15) is 5.10 Å². The van der Waals surface area contributed by atoms with Gasteiger partial charge < -0.3 is 5.32 Å². The molecule has 3 nitrogen and oxygen atoms in total. The summed E-state index contributed by atoms with van der Waals surface area (Å²) in [6.45, 7) is 3.76. The van der Waals surface area contributed by atoms with Crippen molar-refractivity contribution in [3.05, 3.63) is 47.2 Å². The largest absolute Gasteiger partial charge is 0.383 e. The number of aryl methyl sites for hydroxylation is 1. The number of benzene rings is 1. The number of halogens is 1. The Labute approximate surface area is 100 Å². The van der Waals surface area contributed by atoms with E-state index in [1.54, 1.807) is 0 Å². The van der Waals surface area contributed by atoms with E-state index in [1.165, 1.54) is 5.69 Å². The van der Waals surface area contributed by atoms with E-state index in [0.29, 0.717) is 0 Å². The zero-order chi connectivity index (χ0) is 11.4. The van der Waals surface area contributed by atoms with Gasteiger partial charge in [0, 0.05) is 29.1 Å². The molecule has 1 N–H and O–H groups in total. The van der Waals surface area contributed by atoms with Crippen LogP contribution in [0.25, 0.3) is 0 Å². The molecule has 0 spiro atoms. The number of rotatable bonds is 4. The standard InChI is InChI=1S/C12H14ClN3/c1-10-6-7-15-16(10)9-8-14-12-4-2-11(13)3-5-12/h2-7,14H,8-9H2,1H3. The van der Waals surface area contributed by atoms with Crippen LogP contribution in [-0.2, 0) is 6.54 Å². The van der Waals surface area contributed by atoms with Crippen LogP contribution in [0.2, 0.25) is 5.02 Å². The van der Waals surface area contributed by atoms with Crippen molar-refractivity contribution in [2.75, 3.05) is 11.9 Å². The number of hydrogen-bond donors (Lipinski definition) is 1. The van der Waals surface area contributed by atoms with Crippen LogP contribution < -0.4 is 5.32 Å². The van der Waals surface area contributed by atoms with Gasteiger partial charge in [0.1, 0.15) is 0 Å². The third-order valence-electron chi connectivity index (χ3n) is 2.43. The van der Waals surface area contributed by atoms with Crippen LogP contribution in [0, 0.1) is 6.92 Å². The zero-order valence-electron chi connectivity index (χ0n) is 9.15. The first-order valence-electron chi connectivity index (χ1n) is 5.23. The minimum absolute atomic E-state index is 0.758. The summed E-state index contributed by atoms with van der Waals surface area (Å²) >= 11 is 5.81. The van der Waals surface area contributed by atoms with Gasteiger partial charge in [0.25, 0.3) is 0 Å². The maximum atomic E-state index is 5.81. The van der Waals surface area contributed by atoms with E-state index < -0.39 is 0 Å². The lowest BCUT2D eigenvalue weighted by atomic mass is 10.3. The van der Waals surface area contributed by atoms with Crippen LogP contribution >= 0.6 is 11.6 Å². The summed E-state index contributed by atoms with van der Waals surface area (Å²) < 4.78 is 1.98. The zero-order valence-corrected chi connectivity index (χ0v) is 9.91. The van der Waals surface area contributed by atoms with E-state index in [0.717, 1.165) is 23.8 Å². The molecule has 2 aromatic rings. The number of nitrogens with one attached hydrogen (secondary N) is 1. The summed E-state index contributed by atoms with van der Waals surface area (Å²) in [6.07, 6.45) is 1.82. The van der Waals surface area contributed by atoms with Crippen LogP contribution in [0.5, 0.6) is 0 Å². The predicted octanol–water partition coefficient (Wildman–Crippen LogP) is 2.96. The molecule has 0 aliphatic heterocycles. The van der Waals surface area contributed by atoms with E-state index in [2.05, 4.69) is 17.3 Å². The molecule has 1 aromatic carbocycles. The van der Waals surface area contributed by atoms with Crippen molar-refractivity contribution in [2.45, 2.75) is 13.5 Å². The topological polar surface area (TPSA) is 29.9 Å². The van der Waals surface area contributed by atoms with Crippen molar-refractivity contribution in [3.8, 4) is 0 Å². The van der Waals surface area contributed by atoms with Crippen LogP contribution in [-0.4, -0.2) is 16.3 Å². The molecule has 0 aliphatic rings. The van der Waals surface area contributed by atoms with E-state index in [9.17, 15) is 0 Å². The van der Waals surface area contributed by atoms with Gasteiger partial charge in [-0.3, -0.25) is 4.68 Å². The molecular weight excluding hydrogens is 222 g/mol. The van der Waals surface area contributed by atoms with E-state index in [-0.39, 0.29) is 0 Å². The van der Waals surface area contributed by atoms with Gasteiger partial charge in [0.05, 0.1) is 6.54 Å². The molecule has 1 heterocycles. The quantitative estimate of drug-likeness (QED) is 0.883. The lowest BCUT2D eigenvalue weighted by Crippen LogP contribution is -2.12. The monoisotopic (exact) mass is 235 g/mol. The molecule has 0 atom stereocenters. The molecule has 0 bridgehead atoms. The minimum Gasteiger partial charge on any atom is -0.383 e. The van der Waals surface area contributed by atoms with Crippen molar-refractivity contribution in [1.82, 2.24) is 9.78 Å². The highest BCUT2D eigenvalue weighted by atomic mass is 35.5. The average molecular weight is 236 g/mol. The SMILES string of the molecule is Cc1ccnn1CCNc1ccc(Cl)cc1. The fourth-order valence-electron chi connectivity index (χ4n) is 1.51. The molecule has 0 saturated carbocycles. The van der Waals surface area contributed by atoms with E-state index in [1.807, 2.05) is 41.2 Å². The second kappa shape index (κ2) is 5.03. The Morgan fingerprint density at radius 3 is 2.62 bits per heavy atom. The Balaban J connectivity index is 1.84. The summed E-state index contributed by atoms with van der Waals surface area (Å²) in [5, 5.41) is 8.29. The molecule has 0 amide bonds. The Morgan fingerprint density at radius 1 is 1.25 bits per heavy atom. The van der Waals surface area contributed by atoms with Crippen LogP contribution in [0.3, 0.4) is 0 Å². The number of aromatic nitrogens is 2. The summed E-state index contributed by atoms with van der Waals surface area (Å²) in [5.74, 6) is 0. The smallest absolute Gasteiger partial charge is 0.0585 e. The van der Waals surface area contributed by atoms with Crippen molar-refractivity contribution < 1.29 is 0 Å². The number of hydrogen-bond acceptors (Lipinski definition) is 2. The summed E-state index contributed by atoms with van der Waals surface area (Å²) in [5.41, 5.74) is 2.26. The van der Waals surface area contributed by atoms with Crippen LogP contribution in [0.4, 0.5) is 5.69 Å². The fraction of sp³-hybridized carbons (Fsp3) is 0.250. The molecule has 4 heteroatoms. The predicted molar refractivity (Wildman–Crippen MR) is 66.9 cm³/mol. The summed E-state index contributed by atoms with van der Waals surface area (Å²) in [4.78, 5) is 0. The van der Waals surface area contributed by atoms with Crippen LogP contribution in [0.1, 0.15) is 5.69 Å². The fourth-order valence-corrected chi connectivity index (χ4v) is 1.63. The van der Waals surface area contributed by atoms with Crippen molar-refractivity contribution in [3.63, 3.8) is 0 Å². The molecule has 0 radical (unpaired) electrons. The third kappa shape index (κ3) is 2.76. The Bertz CT molecular complexity index is 448. The lowest BCUT2D eigenvalue weighted by Gasteiger charge is -2.07. The highest BCUT2D eigenvalue weighted by molar-refractivity contribution is 6.30. The number of anilines is 1. The van der Waals surface area contributed by atoms with Crippen molar-refractivity contribution >= 4 is 17.3 Å². The average Bonchev–Trinajstić information content (AvgIpc) is 2.68. The normalized spacial score (nSPS) is 10.4. The maximum Gasteiger partial charge on any atom is 0.0585 e. The van der Waals surface area contributed by atoms with Crippen molar-refractivity contribution in [2.24, 2.45) is 0 Å². The molecule has 1 aromatic heterocycles. The van der Waals surface area contributed by atoms with Gasteiger partial charge in [0.15, 0.2) is 0 Å². The molecule has 0 aliphatic carbocycles.